The van der Waals surface area contributed by atoms with E-state index in [4.69, 9.17) is 5.73 Å². The smallest absolute Gasteiger partial charge is 0.246 e. The Morgan fingerprint density at radius 2 is 1.54 bits per heavy atom. The second-order valence-electron chi connectivity index (χ2n) is 22.3. The van der Waals surface area contributed by atoms with Crippen LogP contribution in [-0.2, 0) is 32.3 Å². The van der Waals surface area contributed by atoms with Crippen LogP contribution in [0.1, 0.15) is 102 Å². The number of anilines is 3. The summed E-state index contributed by atoms with van der Waals surface area (Å²) in [5.74, 6) is -0.178. The Labute approximate surface area is 450 Å². The number of phenols is 1. The molecular weight excluding hydrogens is 979 g/mol. The van der Waals surface area contributed by atoms with Crippen LogP contribution in [-0.4, -0.2) is 140 Å². The van der Waals surface area contributed by atoms with Gasteiger partial charge in [0.1, 0.15) is 17.8 Å². The van der Waals surface area contributed by atoms with Crippen LogP contribution in [0.2, 0.25) is 0 Å². The first-order valence-corrected chi connectivity index (χ1v) is 28.1. The number of phenolic OH excluding ortho intramolecular Hbond substituents is 1. The van der Waals surface area contributed by atoms with E-state index in [2.05, 4.69) is 64.8 Å². The summed E-state index contributed by atoms with van der Waals surface area (Å²) in [6, 6.07) is 24.9. The molecule has 9 rings (SSSR count). The van der Waals surface area contributed by atoms with Gasteiger partial charge in [0.25, 0.3) is 0 Å². The van der Waals surface area contributed by atoms with Gasteiger partial charge < -0.3 is 46.2 Å². The number of rotatable bonds is 19. The summed E-state index contributed by atoms with van der Waals surface area (Å²) < 4.78 is 0. The van der Waals surface area contributed by atoms with Gasteiger partial charge in [0.2, 0.25) is 23.6 Å². The second kappa shape index (κ2) is 24.1. The topological polar surface area (TPSA) is 214 Å². The van der Waals surface area contributed by atoms with Gasteiger partial charge in [0.05, 0.1) is 33.6 Å². The number of thiazole rings is 1. The number of nitrogens with zero attached hydrogens (tertiary/aromatic N) is 8. The lowest BCUT2D eigenvalue weighted by atomic mass is 9.85. The van der Waals surface area contributed by atoms with Crippen molar-refractivity contribution < 1.29 is 29.4 Å². The van der Waals surface area contributed by atoms with Gasteiger partial charge in [-0.1, -0.05) is 88.6 Å². The number of β-amino-alcohol motifs (C(OH)–C–C–N with tert-alkyl or cyclic N) is 1. The number of aliphatic hydroxyl groups is 1. The van der Waals surface area contributed by atoms with Crippen LogP contribution >= 0.6 is 11.3 Å². The number of nitrogens with two attached hydrogens (primary N) is 1. The summed E-state index contributed by atoms with van der Waals surface area (Å²) in [7, 11) is 0. The molecule has 4 saturated heterocycles. The number of carbonyl (C=O) groups is 4. The van der Waals surface area contributed by atoms with Crippen molar-refractivity contribution in [1.29, 1.82) is 0 Å². The summed E-state index contributed by atoms with van der Waals surface area (Å²) in [5, 5.41) is 35.6. The first kappa shape index (κ1) is 54.2. The molecule has 2 bridgehead atoms. The fraction of sp³-hybridized carbons (Fsp3) is 0.500. The molecular formula is C58H75N11O6S. The number of nitrogen functional groups attached to an aromatic ring is 1. The normalized spacial score (nSPS) is 20.2. The molecule has 0 radical (unpaired) electrons. The van der Waals surface area contributed by atoms with Crippen molar-refractivity contribution >= 4 is 52.2 Å². The molecule has 4 aliphatic rings. The summed E-state index contributed by atoms with van der Waals surface area (Å²) in [6.07, 6.45) is 6.37. The minimum atomic E-state index is -0.872. The first-order valence-electron chi connectivity index (χ1n) is 27.2. The third-order valence-electron chi connectivity index (χ3n) is 15.6. The molecule has 3 aromatic carbocycles. The lowest BCUT2D eigenvalue weighted by Crippen LogP contribution is -2.57. The number of nitrogens with one attached hydrogen (secondary N) is 2. The van der Waals surface area contributed by atoms with Crippen molar-refractivity contribution in [3.63, 3.8) is 0 Å². The highest BCUT2D eigenvalue weighted by molar-refractivity contribution is 7.13. The van der Waals surface area contributed by atoms with E-state index in [0.29, 0.717) is 55.1 Å². The van der Waals surface area contributed by atoms with Gasteiger partial charge in [-0.2, -0.15) is 0 Å². The van der Waals surface area contributed by atoms with E-state index in [1.54, 1.807) is 23.5 Å². The summed E-state index contributed by atoms with van der Waals surface area (Å²) >= 11 is 1.58. The van der Waals surface area contributed by atoms with E-state index in [-0.39, 0.29) is 55.3 Å². The number of aromatic hydroxyl groups is 1. The van der Waals surface area contributed by atoms with E-state index in [9.17, 15) is 29.4 Å². The molecule has 0 spiro atoms. The number of aryl methyl sites for hydroxylation is 1. The highest BCUT2D eigenvalue weighted by atomic mass is 32.1. The van der Waals surface area contributed by atoms with Crippen LogP contribution in [0.15, 0.2) is 84.4 Å². The summed E-state index contributed by atoms with van der Waals surface area (Å²) in [5.41, 5.74) is 15.1. The van der Waals surface area contributed by atoms with Crippen LogP contribution in [0.5, 0.6) is 5.75 Å². The molecule has 18 heteroatoms. The number of fused-ring (bicyclic) bond motifs is 2. The van der Waals surface area contributed by atoms with Crippen molar-refractivity contribution in [3.05, 3.63) is 101 Å². The van der Waals surface area contributed by atoms with Crippen molar-refractivity contribution in [2.24, 2.45) is 5.41 Å². The molecule has 4 fully saturated rings. The van der Waals surface area contributed by atoms with E-state index in [1.165, 1.54) is 16.2 Å². The van der Waals surface area contributed by atoms with E-state index >= 15 is 0 Å². The molecule has 76 heavy (non-hydrogen) atoms. The van der Waals surface area contributed by atoms with Gasteiger partial charge in [-0.3, -0.25) is 24.1 Å². The van der Waals surface area contributed by atoms with Gasteiger partial charge >= 0.3 is 0 Å². The number of unbranched alkanes of at least 4 members (excludes halogenated alkanes) is 4. The van der Waals surface area contributed by atoms with E-state index in [0.717, 1.165) is 98.6 Å². The predicted molar refractivity (Wildman–Crippen MR) is 297 cm³/mol. The lowest BCUT2D eigenvalue weighted by molar-refractivity contribution is -0.144. The fourth-order valence-electron chi connectivity index (χ4n) is 11.5. The van der Waals surface area contributed by atoms with Gasteiger partial charge in [0, 0.05) is 101 Å². The number of amides is 4. The number of piperazine rings is 2. The number of benzene rings is 3. The number of hydrogen-bond acceptors (Lipinski definition) is 14. The van der Waals surface area contributed by atoms with Crippen molar-refractivity contribution in [2.45, 2.75) is 135 Å². The highest BCUT2D eigenvalue weighted by Crippen LogP contribution is 2.39. The molecule has 17 nitrogen and oxygen atoms in total. The van der Waals surface area contributed by atoms with Gasteiger partial charge in [-0.15, -0.1) is 21.5 Å². The van der Waals surface area contributed by atoms with Crippen LogP contribution in [0, 0.1) is 12.3 Å². The number of para-hydroxylation sites is 1. The van der Waals surface area contributed by atoms with E-state index in [1.807, 2.05) is 80.6 Å². The maximum atomic E-state index is 14.1. The Balaban J connectivity index is 0.661. The largest absolute Gasteiger partial charge is 0.507 e. The highest BCUT2D eigenvalue weighted by Gasteiger charge is 2.45. The molecule has 2 aromatic heterocycles. The SMILES string of the molecule is Cc1ncsc1-c1ccc(CNC(=O)[C@@H]2C[C@@H](O)CN2C(=O)[C@@H](NC(=O)CCCCCCCC(=O)N2CCN(Cc3cccc(N4C5CCC4CN(c4cc(-c6ccccc6O)nnc4N)C5)c3)CC2)C(C)(C)C)cc1. The van der Waals surface area contributed by atoms with Crippen LogP contribution < -0.4 is 26.2 Å². The zero-order valence-electron chi connectivity index (χ0n) is 44.5. The van der Waals surface area contributed by atoms with Crippen LogP contribution in [0.4, 0.5) is 17.2 Å². The fourth-order valence-corrected chi connectivity index (χ4v) is 12.3. The molecule has 0 aliphatic carbocycles. The Morgan fingerprint density at radius 1 is 0.829 bits per heavy atom. The third-order valence-corrected chi connectivity index (χ3v) is 16.6. The maximum Gasteiger partial charge on any atom is 0.246 e. The number of likely N-dealkylation sites (tertiary alicyclic amines) is 1. The Morgan fingerprint density at radius 3 is 2.24 bits per heavy atom. The molecule has 4 amide bonds. The van der Waals surface area contributed by atoms with Crippen LogP contribution in [0.3, 0.4) is 0 Å². The van der Waals surface area contributed by atoms with Gasteiger partial charge in [-0.05, 0) is 85.0 Å². The van der Waals surface area contributed by atoms with Crippen molar-refractivity contribution in [3.8, 4) is 27.4 Å². The monoisotopic (exact) mass is 1050 g/mol. The number of hydrogen-bond donors (Lipinski definition) is 5. The molecule has 6 N–H and O–H groups in total. The summed E-state index contributed by atoms with van der Waals surface area (Å²) in [4.78, 5) is 70.4. The average molecular weight is 1050 g/mol. The lowest BCUT2D eigenvalue weighted by Gasteiger charge is -2.43. The van der Waals surface area contributed by atoms with Crippen molar-refractivity contribution in [2.75, 3.05) is 61.3 Å². The predicted octanol–water partition coefficient (Wildman–Crippen LogP) is 6.90. The van der Waals surface area contributed by atoms with Crippen molar-refractivity contribution in [1.82, 2.24) is 40.5 Å². The van der Waals surface area contributed by atoms with Crippen LogP contribution in [0.25, 0.3) is 21.7 Å². The van der Waals surface area contributed by atoms with E-state index < -0.39 is 23.6 Å². The molecule has 6 heterocycles. The minimum Gasteiger partial charge on any atom is -0.507 e. The van der Waals surface area contributed by atoms with Gasteiger partial charge in [-0.25, -0.2) is 4.98 Å². The summed E-state index contributed by atoms with van der Waals surface area (Å²) in [6.45, 7) is 13.5. The number of aromatic nitrogens is 3. The minimum absolute atomic E-state index is 0.0221. The second-order valence-corrected chi connectivity index (χ2v) is 23.1. The van der Waals surface area contributed by atoms with Gasteiger partial charge in [0.15, 0.2) is 5.82 Å². The Hall–Kier alpha value is -6.63. The molecule has 2 unspecified atom stereocenters. The standard InChI is InChI=1S/C58H75N11O6S/c1-38-53(76-37-61-38)41-21-19-39(20-22-41)32-60-56(74)49-30-45(70)36-68(49)57(75)54(58(2,3)4)62-51(72)17-8-6-5-7-9-18-52(73)66-27-25-65(26-28-66)33-40-13-12-14-42(29-40)69-43-23-24-44(69)35-67(34-43)48-31-47(63-64-55(48)59)46-15-10-11-16-50(46)71/h10-16,19-22,29,31,37,43-45,49,54,70-71H,5-9,17-18,23-28,30,32-36H2,1-4H3,(H2,59,64)(H,60,74)(H,62,72)/t43?,44?,45-,49+,54-/m1/s1. The quantitative estimate of drug-likeness (QED) is 0.0533. The Bertz CT molecular complexity index is 2820. The molecule has 5 atom stereocenters. The molecule has 4 aliphatic heterocycles. The Kier molecular flexibility index (Phi) is 17.2. The molecule has 404 valence electrons. The number of aliphatic hydroxyl groups excluding tert-OH is 1. The number of carbonyl (C=O) groups excluding carboxylic acids is 4. The first-order chi connectivity index (χ1) is 36.6. The third kappa shape index (κ3) is 13.0. The molecule has 0 saturated carbocycles. The molecule has 5 aromatic rings. The zero-order valence-corrected chi connectivity index (χ0v) is 45.3. The zero-order chi connectivity index (χ0) is 53.5. The average Bonchev–Trinajstić information content (AvgIpc) is 4.11. The maximum absolute atomic E-state index is 14.1.